The molecule has 1 aromatic heterocycles. The number of nitrogens with one attached hydrogen (secondary N) is 1. The van der Waals surface area contributed by atoms with E-state index >= 15 is 0 Å². The first-order valence-electron chi connectivity index (χ1n) is 7.40. The number of benzene rings is 1. The van der Waals surface area contributed by atoms with E-state index in [9.17, 15) is 5.26 Å². The van der Waals surface area contributed by atoms with Crippen LogP contribution in [0.5, 0.6) is 0 Å². The molecule has 4 nitrogen and oxygen atoms in total. The fourth-order valence-corrected chi connectivity index (χ4v) is 4.06. The molecule has 1 aromatic carbocycles. The number of hydrogen-bond acceptors (Lipinski definition) is 4. The average molecular weight is 300 g/mol. The van der Waals surface area contributed by atoms with Gasteiger partial charge in [0.1, 0.15) is 5.54 Å². The quantitative estimate of drug-likeness (QED) is 0.848. The van der Waals surface area contributed by atoms with Gasteiger partial charge in [-0.1, -0.05) is 24.2 Å². The summed E-state index contributed by atoms with van der Waals surface area (Å²) in [4.78, 5) is 7.94. The van der Waals surface area contributed by atoms with E-state index in [1.54, 1.807) is 11.8 Å². The maximum atomic E-state index is 9.23. The Morgan fingerprint density at radius 2 is 2.43 bits per heavy atom. The van der Waals surface area contributed by atoms with E-state index < -0.39 is 5.54 Å². The van der Waals surface area contributed by atoms with Gasteiger partial charge in [0.05, 0.1) is 17.1 Å². The first-order chi connectivity index (χ1) is 10.1. The second-order valence-electron chi connectivity index (χ2n) is 5.94. The molecule has 2 aromatic rings. The number of imidazole rings is 1. The molecule has 5 heteroatoms. The molecule has 1 aliphatic rings. The number of aromatic amines is 1. The summed E-state index contributed by atoms with van der Waals surface area (Å²) in [7, 11) is 0. The van der Waals surface area contributed by atoms with Gasteiger partial charge in [-0.15, -0.1) is 0 Å². The molecule has 0 amide bonds. The predicted molar refractivity (Wildman–Crippen MR) is 86.0 cm³/mol. The van der Waals surface area contributed by atoms with Crippen molar-refractivity contribution in [2.24, 2.45) is 11.7 Å². The standard InChI is InChI=1S/C16H20N4S/c1-11-4-5-13-14(9-11)20-15(19-13)21-8-6-12-3-2-7-16(12,18)10-17/h4-5,9,12H,2-3,6-8,18H2,1H3,(H,19,20). The number of nitrogens with two attached hydrogens (primary N) is 1. The maximum absolute atomic E-state index is 9.23. The van der Waals surface area contributed by atoms with Crippen molar-refractivity contribution in [3.05, 3.63) is 23.8 Å². The van der Waals surface area contributed by atoms with Crippen molar-refractivity contribution in [2.75, 3.05) is 5.75 Å². The van der Waals surface area contributed by atoms with E-state index in [0.29, 0.717) is 5.92 Å². The highest BCUT2D eigenvalue weighted by molar-refractivity contribution is 7.99. The van der Waals surface area contributed by atoms with Gasteiger partial charge in [-0.2, -0.15) is 5.26 Å². The first-order valence-corrected chi connectivity index (χ1v) is 8.38. The fraction of sp³-hybridized carbons (Fsp3) is 0.500. The number of fused-ring (bicyclic) bond motifs is 1. The van der Waals surface area contributed by atoms with Crippen LogP contribution in [0.25, 0.3) is 11.0 Å². The Morgan fingerprint density at radius 3 is 3.24 bits per heavy atom. The van der Waals surface area contributed by atoms with Gasteiger partial charge in [-0.3, -0.25) is 0 Å². The van der Waals surface area contributed by atoms with Crippen LogP contribution in [-0.2, 0) is 0 Å². The highest BCUT2D eigenvalue weighted by Gasteiger charge is 2.39. The number of nitriles is 1. The summed E-state index contributed by atoms with van der Waals surface area (Å²) < 4.78 is 0. The van der Waals surface area contributed by atoms with E-state index in [1.807, 2.05) is 6.07 Å². The van der Waals surface area contributed by atoms with Crippen LogP contribution in [-0.4, -0.2) is 21.3 Å². The summed E-state index contributed by atoms with van der Waals surface area (Å²) in [5.41, 5.74) is 8.89. The fourth-order valence-electron chi connectivity index (χ4n) is 3.12. The molecule has 1 fully saturated rings. The molecular weight excluding hydrogens is 280 g/mol. The molecule has 1 aliphatic carbocycles. The second kappa shape index (κ2) is 5.70. The minimum absolute atomic E-state index is 0.321. The third-order valence-electron chi connectivity index (χ3n) is 4.40. The zero-order valence-corrected chi connectivity index (χ0v) is 13.0. The van der Waals surface area contributed by atoms with Crippen molar-refractivity contribution in [1.29, 1.82) is 5.26 Å². The summed E-state index contributed by atoms with van der Waals surface area (Å²) in [5, 5.41) is 10.2. The molecule has 3 rings (SSSR count). The Morgan fingerprint density at radius 1 is 1.57 bits per heavy atom. The minimum Gasteiger partial charge on any atom is -0.333 e. The number of thioether (sulfide) groups is 1. The van der Waals surface area contributed by atoms with Gasteiger partial charge in [-0.25, -0.2) is 4.98 Å². The highest BCUT2D eigenvalue weighted by Crippen LogP contribution is 2.36. The third-order valence-corrected chi connectivity index (χ3v) is 5.31. The van der Waals surface area contributed by atoms with Gasteiger partial charge in [-0.05, 0) is 49.8 Å². The number of hydrogen-bond donors (Lipinski definition) is 2. The van der Waals surface area contributed by atoms with Gasteiger partial charge in [0.25, 0.3) is 0 Å². The van der Waals surface area contributed by atoms with Crippen LogP contribution < -0.4 is 5.73 Å². The van der Waals surface area contributed by atoms with Gasteiger partial charge in [0.15, 0.2) is 5.16 Å². The van der Waals surface area contributed by atoms with E-state index in [-0.39, 0.29) is 0 Å². The average Bonchev–Trinajstić information content (AvgIpc) is 3.03. The number of H-pyrrole nitrogens is 1. The molecule has 3 N–H and O–H groups in total. The monoisotopic (exact) mass is 300 g/mol. The van der Waals surface area contributed by atoms with Crippen LogP contribution in [0, 0.1) is 24.2 Å². The van der Waals surface area contributed by atoms with Crippen molar-refractivity contribution in [3.63, 3.8) is 0 Å². The lowest BCUT2D eigenvalue weighted by atomic mass is 9.88. The van der Waals surface area contributed by atoms with Crippen LogP contribution in [0.3, 0.4) is 0 Å². The smallest absolute Gasteiger partial charge is 0.166 e. The molecule has 1 saturated carbocycles. The van der Waals surface area contributed by atoms with Gasteiger partial charge in [0, 0.05) is 5.75 Å². The normalized spacial score (nSPS) is 25.3. The van der Waals surface area contributed by atoms with Crippen LogP contribution in [0.1, 0.15) is 31.2 Å². The summed E-state index contributed by atoms with van der Waals surface area (Å²) in [6.07, 6.45) is 3.96. The van der Waals surface area contributed by atoms with E-state index in [0.717, 1.165) is 47.6 Å². The Labute approximate surface area is 129 Å². The first kappa shape index (κ1) is 14.4. The molecule has 0 radical (unpaired) electrons. The summed E-state index contributed by atoms with van der Waals surface area (Å²) >= 11 is 1.72. The summed E-state index contributed by atoms with van der Waals surface area (Å²) in [6, 6.07) is 8.55. The zero-order chi connectivity index (χ0) is 14.9. The summed E-state index contributed by atoms with van der Waals surface area (Å²) in [5.74, 6) is 1.27. The Bertz CT molecular complexity index is 687. The second-order valence-corrected chi connectivity index (χ2v) is 7.02. The lowest BCUT2D eigenvalue weighted by Crippen LogP contribution is -2.41. The Hall–Kier alpha value is -1.51. The number of aryl methyl sites for hydroxylation is 1. The molecule has 1 heterocycles. The molecule has 0 aliphatic heterocycles. The largest absolute Gasteiger partial charge is 0.333 e. The molecule has 21 heavy (non-hydrogen) atoms. The van der Waals surface area contributed by atoms with Crippen molar-refractivity contribution in [1.82, 2.24) is 9.97 Å². The lowest BCUT2D eigenvalue weighted by Gasteiger charge is -2.23. The molecule has 110 valence electrons. The zero-order valence-electron chi connectivity index (χ0n) is 12.2. The van der Waals surface area contributed by atoms with E-state index in [4.69, 9.17) is 5.73 Å². The third kappa shape index (κ3) is 2.92. The minimum atomic E-state index is -0.606. The van der Waals surface area contributed by atoms with Gasteiger partial charge < -0.3 is 10.7 Å². The predicted octanol–water partition coefficient (Wildman–Crippen LogP) is 3.37. The molecule has 0 saturated heterocycles. The van der Waals surface area contributed by atoms with Crippen molar-refractivity contribution in [2.45, 2.75) is 43.3 Å². The van der Waals surface area contributed by atoms with Crippen molar-refractivity contribution in [3.8, 4) is 6.07 Å². The Kier molecular flexibility index (Phi) is 3.92. The van der Waals surface area contributed by atoms with Crippen molar-refractivity contribution < 1.29 is 0 Å². The Balaban J connectivity index is 1.61. The SMILES string of the molecule is Cc1ccc2nc(SCCC3CCCC3(N)C#N)[nH]c2c1. The molecule has 2 atom stereocenters. The number of rotatable bonds is 4. The van der Waals surface area contributed by atoms with Crippen LogP contribution >= 0.6 is 11.8 Å². The van der Waals surface area contributed by atoms with Crippen LogP contribution in [0.15, 0.2) is 23.4 Å². The molecule has 0 spiro atoms. The van der Waals surface area contributed by atoms with Crippen molar-refractivity contribution >= 4 is 22.8 Å². The number of aromatic nitrogens is 2. The van der Waals surface area contributed by atoms with E-state index in [1.165, 1.54) is 5.56 Å². The maximum Gasteiger partial charge on any atom is 0.166 e. The topological polar surface area (TPSA) is 78.5 Å². The highest BCUT2D eigenvalue weighted by atomic mass is 32.2. The summed E-state index contributed by atoms with van der Waals surface area (Å²) in [6.45, 7) is 2.08. The van der Waals surface area contributed by atoms with Gasteiger partial charge >= 0.3 is 0 Å². The molecule has 2 unspecified atom stereocenters. The molecule has 0 bridgehead atoms. The van der Waals surface area contributed by atoms with Crippen LogP contribution in [0.2, 0.25) is 0 Å². The van der Waals surface area contributed by atoms with E-state index in [2.05, 4.69) is 35.1 Å². The molecular formula is C16H20N4S. The number of nitrogens with zero attached hydrogens (tertiary/aromatic N) is 2. The van der Waals surface area contributed by atoms with Crippen LogP contribution in [0.4, 0.5) is 0 Å². The van der Waals surface area contributed by atoms with Gasteiger partial charge in [0.2, 0.25) is 0 Å². The lowest BCUT2D eigenvalue weighted by molar-refractivity contribution is 0.389.